The van der Waals surface area contributed by atoms with Gasteiger partial charge in [0.15, 0.2) is 11.0 Å². The minimum absolute atomic E-state index is 0.0396. The molecular formula is C13H12N4O3S2. The maximum atomic E-state index is 12.8. The Morgan fingerprint density at radius 2 is 2.05 bits per heavy atom. The first-order valence-electron chi connectivity index (χ1n) is 6.34. The van der Waals surface area contributed by atoms with E-state index < -0.39 is 10.0 Å². The van der Waals surface area contributed by atoms with Crippen molar-refractivity contribution in [3.05, 3.63) is 53.6 Å². The molecule has 0 aliphatic carbocycles. The Bertz CT molecular complexity index is 845. The van der Waals surface area contributed by atoms with Gasteiger partial charge in [-0.1, -0.05) is 23.4 Å². The van der Waals surface area contributed by atoms with Crippen LogP contribution in [0.5, 0.6) is 0 Å². The van der Waals surface area contributed by atoms with E-state index in [0.29, 0.717) is 11.0 Å². The molecule has 22 heavy (non-hydrogen) atoms. The van der Waals surface area contributed by atoms with Gasteiger partial charge in [0.2, 0.25) is 5.89 Å². The summed E-state index contributed by atoms with van der Waals surface area (Å²) >= 11 is 1.23. The molecule has 0 aliphatic heterocycles. The Hall–Kier alpha value is -2.26. The van der Waals surface area contributed by atoms with Crippen LogP contribution in [-0.2, 0) is 16.6 Å². The lowest BCUT2D eigenvalue weighted by atomic mass is 10.4. The second-order valence-electron chi connectivity index (χ2n) is 4.37. The first kappa shape index (κ1) is 14.7. The SMILES string of the molecule is Cc1nc(CN(c2nccs2)S(=O)(=O)c2ccccc2)no1. The second-order valence-corrected chi connectivity index (χ2v) is 7.10. The molecular weight excluding hydrogens is 324 g/mol. The van der Waals surface area contributed by atoms with Crippen LogP contribution in [0.25, 0.3) is 0 Å². The second kappa shape index (κ2) is 5.85. The molecule has 114 valence electrons. The predicted molar refractivity (Wildman–Crippen MR) is 81.0 cm³/mol. The van der Waals surface area contributed by atoms with Gasteiger partial charge in [0.05, 0.1) is 4.90 Å². The third kappa shape index (κ3) is 2.85. The van der Waals surface area contributed by atoms with Gasteiger partial charge in [-0.05, 0) is 12.1 Å². The fourth-order valence-corrected chi connectivity index (χ4v) is 4.11. The van der Waals surface area contributed by atoms with Crippen LogP contribution in [0.2, 0.25) is 0 Å². The third-order valence-electron chi connectivity index (χ3n) is 2.82. The van der Waals surface area contributed by atoms with E-state index in [2.05, 4.69) is 15.1 Å². The molecule has 0 unspecified atom stereocenters. The molecule has 0 fully saturated rings. The number of hydrogen-bond donors (Lipinski definition) is 0. The van der Waals surface area contributed by atoms with Crippen molar-refractivity contribution in [3.8, 4) is 0 Å². The Kier molecular flexibility index (Phi) is 3.90. The molecule has 9 heteroatoms. The summed E-state index contributed by atoms with van der Waals surface area (Å²) in [6.45, 7) is 1.61. The van der Waals surface area contributed by atoms with E-state index in [0.717, 1.165) is 0 Å². The molecule has 0 N–H and O–H groups in total. The van der Waals surface area contributed by atoms with E-state index in [4.69, 9.17) is 4.52 Å². The number of aryl methyl sites for hydroxylation is 1. The summed E-state index contributed by atoms with van der Waals surface area (Å²) in [7, 11) is -3.75. The van der Waals surface area contributed by atoms with Crippen molar-refractivity contribution in [1.82, 2.24) is 15.1 Å². The fourth-order valence-electron chi connectivity index (χ4n) is 1.85. The van der Waals surface area contributed by atoms with Gasteiger partial charge in [-0.2, -0.15) is 4.98 Å². The Morgan fingerprint density at radius 1 is 1.27 bits per heavy atom. The first-order valence-corrected chi connectivity index (χ1v) is 8.66. The highest BCUT2D eigenvalue weighted by Gasteiger charge is 2.28. The standard InChI is InChI=1S/C13H12N4O3S2/c1-10-15-12(16-20-10)9-17(13-14-7-8-21-13)22(18,19)11-5-3-2-4-6-11/h2-8H,9H2,1H3. The minimum Gasteiger partial charge on any atom is -0.340 e. The van der Waals surface area contributed by atoms with E-state index in [1.165, 1.54) is 27.8 Å². The van der Waals surface area contributed by atoms with Gasteiger partial charge in [-0.15, -0.1) is 11.3 Å². The highest BCUT2D eigenvalue weighted by Crippen LogP contribution is 2.26. The van der Waals surface area contributed by atoms with E-state index in [9.17, 15) is 8.42 Å². The molecule has 0 saturated carbocycles. The summed E-state index contributed by atoms with van der Waals surface area (Å²) < 4.78 is 31.8. The number of anilines is 1. The molecule has 0 spiro atoms. The maximum absolute atomic E-state index is 12.8. The van der Waals surface area contributed by atoms with Gasteiger partial charge in [-0.25, -0.2) is 17.7 Å². The zero-order chi connectivity index (χ0) is 15.6. The van der Waals surface area contributed by atoms with Crippen LogP contribution < -0.4 is 4.31 Å². The summed E-state index contributed by atoms with van der Waals surface area (Å²) in [4.78, 5) is 8.34. The van der Waals surface area contributed by atoms with Crippen molar-refractivity contribution < 1.29 is 12.9 Å². The smallest absolute Gasteiger partial charge is 0.266 e. The molecule has 2 heterocycles. The number of rotatable bonds is 5. The number of sulfonamides is 1. The predicted octanol–water partition coefficient (Wildman–Crippen LogP) is 2.23. The summed E-state index contributed by atoms with van der Waals surface area (Å²) in [5.74, 6) is 0.665. The van der Waals surface area contributed by atoms with Crippen LogP contribution in [0.1, 0.15) is 11.7 Å². The van der Waals surface area contributed by atoms with Crippen LogP contribution in [0, 0.1) is 6.92 Å². The Morgan fingerprint density at radius 3 is 2.64 bits per heavy atom. The third-order valence-corrected chi connectivity index (χ3v) is 5.48. The minimum atomic E-state index is -3.75. The van der Waals surface area contributed by atoms with Crippen LogP contribution in [0.4, 0.5) is 5.13 Å². The molecule has 0 atom stereocenters. The number of thiazole rings is 1. The molecule has 2 aromatic heterocycles. The van der Waals surface area contributed by atoms with Gasteiger partial charge in [0, 0.05) is 18.5 Å². The van der Waals surface area contributed by atoms with Gasteiger partial charge >= 0.3 is 0 Å². The van der Waals surface area contributed by atoms with Crippen LogP contribution in [0.15, 0.2) is 51.3 Å². The number of nitrogens with zero attached hydrogens (tertiary/aromatic N) is 4. The lowest BCUT2D eigenvalue weighted by Gasteiger charge is -2.20. The van der Waals surface area contributed by atoms with Gasteiger partial charge < -0.3 is 4.52 Å². The monoisotopic (exact) mass is 336 g/mol. The summed E-state index contributed by atoms with van der Waals surface area (Å²) in [6.07, 6.45) is 1.55. The number of benzene rings is 1. The van der Waals surface area contributed by atoms with E-state index >= 15 is 0 Å². The molecule has 0 amide bonds. The lowest BCUT2D eigenvalue weighted by Crippen LogP contribution is -2.31. The van der Waals surface area contributed by atoms with E-state index in [-0.39, 0.29) is 17.3 Å². The Balaban J connectivity index is 2.02. The van der Waals surface area contributed by atoms with Crippen molar-refractivity contribution in [2.45, 2.75) is 18.4 Å². The summed E-state index contributed by atoms with van der Waals surface area (Å²) in [5.41, 5.74) is 0. The van der Waals surface area contributed by atoms with E-state index in [1.54, 1.807) is 36.7 Å². The quantitative estimate of drug-likeness (QED) is 0.710. The molecule has 0 radical (unpaired) electrons. The van der Waals surface area contributed by atoms with Crippen molar-refractivity contribution >= 4 is 26.5 Å². The van der Waals surface area contributed by atoms with Crippen LogP contribution in [-0.4, -0.2) is 23.5 Å². The highest BCUT2D eigenvalue weighted by atomic mass is 32.2. The molecule has 3 aromatic rings. The van der Waals surface area contributed by atoms with Gasteiger partial charge in [0.1, 0.15) is 6.54 Å². The average molecular weight is 336 g/mol. The molecule has 0 bridgehead atoms. The fraction of sp³-hybridized carbons (Fsp3) is 0.154. The maximum Gasteiger partial charge on any atom is 0.266 e. The van der Waals surface area contributed by atoms with E-state index in [1.807, 2.05) is 0 Å². The molecule has 3 rings (SSSR count). The molecule has 0 aliphatic rings. The zero-order valence-electron chi connectivity index (χ0n) is 11.6. The van der Waals surface area contributed by atoms with Crippen molar-refractivity contribution in [2.24, 2.45) is 0 Å². The van der Waals surface area contributed by atoms with Gasteiger partial charge in [0.25, 0.3) is 10.0 Å². The molecule has 7 nitrogen and oxygen atoms in total. The van der Waals surface area contributed by atoms with Gasteiger partial charge in [-0.3, -0.25) is 0 Å². The highest BCUT2D eigenvalue weighted by molar-refractivity contribution is 7.93. The van der Waals surface area contributed by atoms with Crippen molar-refractivity contribution in [3.63, 3.8) is 0 Å². The normalized spacial score (nSPS) is 11.5. The van der Waals surface area contributed by atoms with Crippen LogP contribution in [0.3, 0.4) is 0 Å². The van der Waals surface area contributed by atoms with Crippen LogP contribution >= 0.6 is 11.3 Å². The largest absolute Gasteiger partial charge is 0.340 e. The Labute approximate surface area is 131 Å². The number of aromatic nitrogens is 3. The summed E-state index contributed by atoms with van der Waals surface area (Å²) in [6, 6.07) is 8.18. The lowest BCUT2D eigenvalue weighted by molar-refractivity contribution is 0.387. The summed E-state index contributed by atoms with van der Waals surface area (Å²) in [5, 5.41) is 5.82. The first-order chi connectivity index (χ1) is 10.6. The van der Waals surface area contributed by atoms with Crippen molar-refractivity contribution in [2.75, 3.05) is 4.31 Å². The molecule has 1 aromatic carbocycles. The number of hydrogen-bond acceptors (Lipinski definition) is 7. The average Bonchev–Trinajstić information content (AvgIpc) is 3.17. The van der Waals surface area contributed by atoms with Crippen molar-refractivity contribution in [1.29, 1.82) is 0 Å². The molecule has 0 saturated heterocycles. The topological polar surface area (TPSA) is 89.2 Å². The zero-order valence-corrected chi connectivity index (χ0v) is 13.2.